The van der Waals surface area contributed by atoms with Crippen LogP contribution in [0.1, 0.15) is 17.5 Å². The van der Waals surface area contributed by atoms with Gasteiger partial charge >= 0.3 is 0 Å². The third kappa shape index (κ3) is 4.08. The Bertz CT molecular complexity index is 508. The summed E-state index contributed by atoms with van der Waals surface area (Å²) in [6.45, 7) is 0. The molecule has 0 bridgehead atoms. The molecule has 3 heteroatoms. The summed E-state index contributed by atoms with van der Waals surface area (Å²) < 4.78 is 1.04. The highest BCUT2D eigenvalue weighted by Crippen LogP contribution is 2.12. The molecule has 0 fully saturated rings. The van der Waals surface area contributed by atoms with Crippen molar-refractivity contribution in [2.45, 2.75) is 19.3 Å². The highest BCUT2D eigenvalue weighted by molar-refractivity contribution is 9.10. The molecule has 1 heterocycles. The second-order valence-corrected chi connectivity index (χ2v) is 5.11. The smallest absolute Gasteiger partial charge is 0.137 e. The molecule has 0 spiro atoms. The predicted molar refractivity (Wildman–Crippen MR) is 75.4 cm³/mol. The molecule has 0 aliphatic carbocycles. The van der Waals surface area contributed by atoms with E-state index in [9.17, 15) is 4.79 Å². The maximum absolute atomic E-state index is 11.8. The van der Waals surface area contributed by atoms with Gasteiger partial charge in [-0.15, -0.1) is 0 Å². The molecule has 92 valence electrons. The number of pyridine rings is 1. The Morgan fingerprint density at radius 2 is 1.67 bits per heavy atom. The maximum Gasteiger partial charge on any atom is 0.137 e. The Labute approximate surface area is 115 Å². The number of aryl methyl sites for hydroxylation is 1. The van der Waals surface area contributed by atoms with Crippen molar-refractivity contribution in [1.29, 1.82) is 0 Å². The predicted octanol–water partition coefficient (Wildman–Crippen LogP) is 3.59. The fraction of sp³-hybridized carbons (Fsp3) is 0.200. The number of rotatable bonds is 5. The van der Waals surface area contributed by atoms with Gasteiger partial charge in [0.25, 0.3) is 0 Å². The molecular weight excluding hydrogens is 290 g/mol. The number of aromatic nitrogens is 1. The van der Waals surface area contributed by atoms with Crippen LogP contribution in [0.5, 0.6) is 0 Å². The highest BCUT2D eigenvalue weighted by atomic mass is 79.9. The Balaban J connectivity index is 1.84. The summed E-state index contributed by atoms with van der Waals surface area (Å²) in [6, 6.07) is 11.8. The zero-order valence-corrected chi connectivity index (χ0v) is 11.6. The summed E-state index contributed by atoms with van der Waals surface area (Å²) in [6.07, 6.45) is 5.40. The van der Waals surface area contributed by atoms with Crippen LogP contribution in [-0.2, 0) is 17.6 Å². The van der Waals surface area contributed by atoms with Gasteiger partial charge in [0.05, 0.1) is 0 Å². The number of hydrogen-bond donors (Lipinski definition) is 0. The minimum atomic E-state index is 0.272. The molecule has 0 saturated carbocycles. The van der Waals surface area contributed by atoms with Crippen LogP contribution >= 0.6 is 15.9 Å². The largest absolute Gasteiger partial charge is 0.299 e. The minimum Gasteiger partial charge on any atom is -0.299 e. The molecule has 0 aliphatic rings. The first-order valence-corrected chi connectivity index (χ1v) is 6.68. The van der Waals surface area contributed by atoms with Crippen molar-refractivity contribution in [2.75, 3.05) is 0 Å². The average molecular weight is 304 g/mol. The van der Waals surface area contributed by atoms with Gasteiger partial charge in [0.2, 0.25) is 0 Å². The quantitative estimate of drug-likeness (QED) is 0.845. The van der Waals surface area contributed by atoms with Crippen LogP contribution in [0.4, 0.5) is 0 Å². The summed E-state index contributed by atoms with van der Waals surface area (Å²) in [7, 11) is 0. The number of hydrogen-bond acceptors (Lipinski definition) is 2. The molecule has 0 unspecified atom stereocenters. The van der Waals surface area contributed by atoms with Crippen molar-refractivity contribution in [3.63, 3.8) is 0 Å². The van der Waals surface area contributed by atoms with Crippen LogP contribution in [0.2, 0.25) is 0 Å². The lowest BCUT2D eigenvalue weighted by molar-refractivity contribution is -0.118. The Kier molecular flexibility index (Phi) is 4.65. The molecular formula is C15H14BrNO. The molecule has 0 aliphatic heterocycles. The average Bonchev–Trinajstić information content (AvgIpc) is 2.40. The van der Waals surface area contributed by atoms with Crippen LogP contribution in [-0.4, -0.2) is 10.8 Å². The maximum atomic E-state index is 11.8. The lowest BCUT2D eigenvalue weighted by Gasteiger charge is -2.02. The lowest BCUT2D eigenvalue weighted by Crippen LogP contribution is -2.04. The SMILES string of the molecule is O=C(CCc1ccncc1)Cc1ccc(Br)cc1. The first-order chi connectivity index (χ1) is 8.74. The minimum absolute atomic E-state index is 0.272. The molecule has 0 atom stereocenters. The van der Waals surface area contributed by atoms with Crippen molar-refractivity contribution < 1.29 is 4.79 Å². The second-order valence-electron chi connectivity index (χ2n) is 4.20. The van der Waals surface area contributed by atoms with Crippen LogP contribution < -0.4 is 0 Å². The summed E-state index contributed by atoms with van der Waals surface area (Å²) in [5.41, 5.74) is 2.23. The van der Waals surface area contributed by atoms with E-state index in [0.29, 0.717) is 12.8 Å². The van der Waals surface area contributed by atoms with Gasteiger partial charge in [-0.1, -0.05) is 28.1 Å². The Hall–Kier alpha value is -1.48. The summed E-state index contributed by atoms with van der Waals surface area (Å²) in [4.78, 5) is 15.8. The monoisotopic (exact) mass is 303 g/mol. The normalized spacial score (nSPS) is 10.3. The molecule has 0 saturated heterocycles. The van der Waals surface area contributed by atoms with Crippen molar-refractivity contribution in [1.82, 2.24) is 4.98 Å². The van der Waals surface area contributed by atoms with Gasteiger partial charge in [0.15, 0.2) is 0 Å². The zero-order valence-electron chi connectivity index (χ0n) is 9.97. The molecule has 2 rings (SSSR count). The lowest BCUT2D eigenvalue weighted by atomic mass is 10.0. The Morgan fingerprint density at radius 1 is 1.00 bits per heavy atom. The van der Waals surface area contributed by atoms with E-state index in [2.05, 4.69) is 20.9 Å². The van der Waals surface area contributed by atoms with E-state index in [0.717, 1.165) is 22.0 Å². The van der Waals surface area contributed by atoms with Gasteiger partial charge in [-0.05, 0) is 41.8 Å². The number of ketones is 1. The molecule has 1 aromatic heterocycles. The van der Waals surface area contributed by atoms with Crippen LogP contribution in [0.3, 0.4) is 0 Å². The van der Waals surface area contributed by atoms with E-state index in [4.69, 9.17) is 0 Å². The van der Waals surface area contributed by atoms with Gasteiger partial charge in [0, 0.05) is 29.7 Å². The number of benzene rings is 1. The summed E-state index contributed by atoms with van der Waals surface area (Å²) >= 11 is 3.38. The van der Waals surface area contributed by atoms with Gasteiger partial charge in [0.1, 0.15) is 5.78 Å². The molecule has 0 N–H and O–H groups in total. The van der Waals surface area contributed by atoms with Crippen molar-refractivity contribution in [3.8, 4) is 0 Å². The van der Waals surface area contributed by atoms with Gasteiger partial charge in [-0.3, -0.25) is 9.78 Å². The number of nitrogens with zero attached hydrogens (tertiary/aromatic N) is 1. The molecule has 2 nitrogen and oxygen atoms in total. The zero-order chi connectivity index (χ0) is 12.8. The standard InChI is InChI=1S/C15H14BrNO/c16-14-4-1-13(2-5-14)11-15(18)6-3-12-7-9-17-10-8-12/h1-2,4-5,7-10H,3,6,11H2. The van der Waals surface area contributed by atoms with E-state index < -0.39 is 0 Å². The van der Waals surface area contributed by atoms with E-state index in [1.807, 2.05) is 36.4 Å². The second kappa shape index (κ2) is 6.45. The van der Waals surface area contributed by atoms with Gasteiger partial charge in [-0.25, -0.2) is 0 Å². The fourth-order valence-electron chi connectivity index (χ4n) is 1.75. The summed E-state index contributed by atoms with van der Waals surface area (Å²) in [5.74, 6) is 0.272. The third-order valence-corrected chi connectivity index (χ3v) is 3.29. The number of carbonyl (C=O) groups excluding carboxylic acids is 1. The molecule has 18 heavy (non-hydrogen) atoms. The van der Waals surface area contributed by atoms with E-state index in [1.165, 1.54) is 0 Å². The van der Waals surface area contributed by atoms with Crippen molar-refractivity contribution in [2.24, 2.45) is 0 Å². The highest BCUT2D eigenvalue weighted by Gasteiger charge is 2.04. The van der Waals surface area contributed by atoms with Crippen molar-refractivity contribution in [3.05, 3.63) is 64.4 Å². The van der Waals surface area contributed by atoms with E-state index in [1.54, 1.807) is 12.4 Å². The molecule has 1 aromatic carbocycles. The van der Waals surface area contributed by atoms with E-state index >= 15 is 0 Å². The fourth-order valence-corrected chi connectivity index (χ4v) is 2.02. The first kappa shape index (κ1) is 13.0. The number of halogens is 1. The van der Waals surface area contributed by atoms with Crippen LogP contribution in [0.25, 0.3) is 0 Å². The van der Waals surface area contributed by atoms with E-state index in [-0.39, 0.29) is 5.78 Å². The van der Waals surface area contributed by atoms with Crippen LogP contribution in [0, 0.1) is 0 Å². The molecule has 0 radical (unpaired) electrons. The topological polar surface area (TPSA) is 30.0 Å². The Morgan fingerprint density at radius 3 is 2.33 bits per heavy atom. The third-order valence-electron chi connectivity index (χ3n) is 2.76. The molecule has 0 amide bonds. The number of carbonyl (C=O) groups is 1. The van der Waals surface area contributed by atoms with Gasteiger partial charge in [-0.2, -0.15) is 0 Å². The number of Topliss-reactive ketones (excluding diaryl/α,β-unsaturated/α-hetero) is 1. The van der Waals surface area contributed by atoms with Crippen molar-refractivity contribution >= 4 is 21.7 Å². The first-order valence-electron chi connectivity index (χ1n) is 5.89. The van der Waals surface area contributed by atoms with Gasteiger partial charge < -0.3 is 0 Å². The van der Waals surface area contributed by atoms with Crippen LogP contribution in [0.15, 0.2) is 53.3 Å². The molecule has 2 aromatic rings. The summed E-state index contributed by atoms with van der Waals surface area (Å²) in [5, 5.41) is 0.